The van der Waals surface area contributed by atoms with Gasteiger partial charge in [0.1, 0.15) is 12.1 Å². The van der Waals surface area contributed by atoms with Crippen molar-refractivity contribution < 1.29 is 18.0 Å². The van der Waals surface area contributed by atoms with Crippen LogP contribution in [0.25, 0.3) is 0 Å². The average Bonchev–Trinajstić information content (AvgIpc) is 2.66. The summed E-state index contributed by atoms with van der Waals surface area (Å²) in [5.74, 6) is -0.152. The molecule has 28 heavy (non-hydrogen) atoms. The fraction of sp³-hybridized carbons (Fsp3) is 0.600. The van der Waals surface area contributed by atoms with E-state index in [1.165, 1.54) is 4.31 Å². The summed E-state index contributed by atoms with van der Waals surface area (Å²) in [6.07, 6.45) is 0.572. The normalized spacial score (nSPS) is 24.0. The van der Waals surface area contributed by atoms with Crippen LogP contribution in [0, 0.1) is 5.92 Å². The molecule has 0 saturated carbocycles. The fourth-order valence-corrected chi connectivity index (χ4v) is 5.96. The summed E-state index contributed by atoms with van der Waals surface area (Å²) in [5.41, 5.74) is 0.709. The molecular formula is C20H29N3O4S. The van der Waals surface area contributed by atoms with Crippen LogP contribution >= 0.6 is 0 Å². The Morgan fingerprint density at radius 3 is 2.43 bits per heavy atom. The molecule has 2 aliphatic heterocycles. The van der Waals surface area contributed by atoms with E-state index in [4.69, 9.17) is 0 Å². The fourth-order valence-electron chi connectivity index (χ4n) is 4.07. The van der Waals surface area contributed by atoms with Crippen LogP contribution in [0.1, 0.15) is 33.3 Å². The van der Waals surface area contributed by atoms with Crippen molar-refractivity contribution in [2.24, 2.45) is 5.92 Å². The molecule has 0 aromatic heterocycles. The van der Waals surface area contributed by atoms with E-state index >= 15 is 0 Å². The highest BCUT2D eigenvalue weighted by Crippen LogP contribution is 2.29. The summed E-state index contributed by atoms with van der Waals surface area (Å²) < 4.78 is 28.0. The lowest BCUT2D eigenvalue weighted by Crippen LogP contribution is -2.69. The number of aryl methyl sites for hydroxylation is 1. The zero-order valence-corrected chi connectivity index (χ0v) is 17.8. The first-order valence-corrected chi connectivity index (χ1v) is 11.3. The molecule has 3 rings (SSSR count). The molecule has 0 unspecified atom stereocenters. The molecule has 154 valence electrons. The number of amides is 2. The van der Waals surface area contributed by atoms with Gasteiger partial charge >= 0.3 is 0 Å². The van der Waals surface area contributed by atoms with Crippen molar-refractivity contribution >= 4 is 21.8 Å². The van der Waals surface area contributed by atoms with Crippen LogP contribution in [0.15, 0.2) is 29.2 Å². The maximum absolute atomic E-state index is 13.4. The maximum Gasteiger partial charge on any atom is 0.246 e. The summed E-state index contributed by atoms with van der Waals surface area (Å²) in [7, 11) is -3.89. The minimum absolute atomic E-state index is 0.000711. The lowest BCUT2D eigenvalue weighted by Gasteiger charge is -2.48. The highest BCUT2D eigenvalue weighted by molar-refractivity contribution is 7.89. The van der Waals surface area contributed by atoms with Gasteiger partial charge in [0.05, 0.1) is 4.90 Å². The number of piperazine rings is 2. The number of nitrogens with zero attached hydrogens (tertiary/aromatic N) is 3. The molecular weight excluding hydrogens is 378 g/mol. The Hall–Kier alpha value is -1.93. The minimum Gasteiger partial charge on any atom is -0.339 e. The van der Waals surface area contributed by atoms with E-state index in [2.05, 4.69) is 0 Å². The first-order valence-electron chi connectivity index (χ1n) is 9.87. The zero-order valence-electron chi connectivity index (χ0n) is 17.0. The van der Waals surface area contributed by atoms with E-state index in [1.807, 2.05) is 20.8 Å². The number of rotatable bonds is 5. The SMILES string of the molecule is CCc1ccccc1S(=O)(=O)N1C[C@H]2C(=O)N(CC(C)C)CCN2C(=O)[C@@H]1C. The van der Waals surface area contributed by atoms with E-state index in [9.17, 15) is 18.0 Å². The lowest BCUT2D eigenvalue weighted by atomic mass is 10.0. The van der Waals surface area contributed by atoms with E-state index in [-0.39, 0.29) is 23.3 Å². The second-order valence-electron chi connectivity index (χ2n) is 7.94. The predicted molar refractivity (Wildman–Crippen MR) is 106 cm³/mol. The van der Waals surface area contributed by atoms with Gasteiger partial charge in [-0.05, 0) is 30.9 Å². The van der Waals surface area contributed by atoms with Crippen molar-refractivity contribution in [2.75, 3.05) is 26.2 Å². The molecule has 2 fully saturated rings. The number of carbonyl (C=O) groups is 2. The van der Waals surface area contributed by atoms with Crippen LogP contribution < -0.4 is 0 Å². The van der Waals surface area contributed by atoms with Gasteiger partial charge in [-0.2, -0.15) is 4.31 Å². The highest BCUT2D eigenvalue weighted by atomic mass is 32.2. The molecule has 8 heteroatoms. The summed E-state index contributed by atoms with van der Waals surface area (Å²) >= 11 is 0. The van der Waals surface area contributed by atoms with Crippen molar-refractivity contribution in [3.63, 3.8) is 0 Å². The Kier molecular flexibility index (Phi) is 5.82. The molecule has 2 saturated heterocycles. The van der Waals surface area contributed by atoms with Gasteiger partial charge in [-0.3, -0.25) is 9.59 Å². The molecule has 0 radical (unpaired) electrons. The van der Waals surface area contributed by atoms with Gasteiger partial charge in [0.2, 0.25) is 21.8 Å². The Labute approximate surface area is 167 Å². The number of hydrogen-bond acceptors (Lipinski definition) is 4. The highest BCUT2D eigenvalue weighted by Gasteiger charge is 2.49. The molecule has 2 heterocycles. The van der Waals surface area contributed by atoms with Crippen LogP contribution in [-0.4, -0.2) is 72.6 Å². The summed E-state index contributed by atoms with van der Waals surface area (Å²) in [6.45, 7) is 9.13. The van der Waals surface area contributed by atoms with Gasteiger partial charge in [0.15, 0.2) is 0 Å². The summed E-state index contributed by atoms with van der Waals surface area (Å²) in [4.78, 5) is 29.4. The average molecular weight is 408 g/mol. The smallest absolute Gasteiger partial charge is 0.246 e. The van der Waals surface area contributed by atoms with Crippen LogP contribution in [0.3, 0.4) is 0 Å². The third-order valence-corrected chi connectivity index (χ3v) is 7.57. The van der Waals surface area contributed by atoms with Crippen molar-refractivity contribution in [1.29, 1.82) is 0 Å². The Bertz CT molecular complexity index is 868. The van der Waals surface area contributed by atoms with E-state index < -0.39 is 22.1 Å². The molecule has 0 aliphatic carbocycles. The van der Waals surface area contributed by atoms with Crippen molar-refractivity contribution in [3.8, 4) is 0 Å². The van der Waals surface area contributed by atoms with Gasteiger partial charge < -0.3 is 9.80 Å². The topological polar surface area (TPSA) is 78.0 Å². The largest absolute Gasteiger partial charge is 0.339 e. The molecule has 2 amide bonds. The van der Waals surface area contributed by atoms with Crippen LogP contribution in [-0.2, 0) is 26.0 Å². The first kappa shape index (κ1) is 20.8. The quantitative estimate of drug-likeness (QED) is 0.738. The van der Waals surface area contributed by atoms with Crippen LogP contribution in [0.4, 0.5) is 0 Å². The number of benzene rings is 1. The third kappa shape index (κ3) is 3.55. The third-order valence-electron chi connectivity index (χ3n) is 5.53. The summed E-state index contributed by atoms with van der Waals surface area (Å²) in [6, 6.07) is 5.27. The number of carbonyl (C=O) groups excluding carboxylic acids is 2. The van der Waals surface area contributed by atoms with Gasteiger partial charge in [-0.25, -0.2) is 8.42 Å². The Balaban J connectivity index is 1.95. The summed E-state index contributed by atoms with van der Waals surface area (Å²) in [5, 5.41) is 0. The minimum atomic E-state index is -3.89. The second-order valence-corrected chi connectivity index (χ2v) is 9.80. The zero-order chi connectivity index (χ0) is 20.6. The molecule has 1 aromatic rings. The van der Waals surface area contributed by atoms with E-state index in [0.29, 0.717) is 37.5 Å². The van der Waals surface area contributed by atoms with Gasteiger partial charge in [-0.1, -0.05) is 39.0 Å². The van der Waals surface area contributed by atoms with Gasteiger partial charge in [-0.15, -0.1) is 0 Å². The maximum atomic E-state index is 13.4. The van der Waals surface area contributed by atoms with E-state index in [0.717, 1.165) is 0 Å². The second kappa shape index (κ2) is 7.83. The molecule has 2 atom stereocenters. The van der Waals surface area contributed by atoms with E-state index in [1.54, 1.807) is 41.0 Å². The predicted octanol–water partition coefficient (Wildman–Crippen LogP) is 1.34. The monoisotopic (exact) mass is 407 g/mol. The van der Waals surface area contributed by atoms with Gasteiger partial charge in [0.25, 0.3) is 0 Å². The first-order chi connectivity index (χ1) is 13.2. The Morgan fingerprint density at radius 1 is 1.11 bits per heavy atom. The standard InChI is InChI=1S/C20H29N3O4S/c1-5-16-8-6-7-9-18(16)28(26,27)23-13-17-20(25)21(12-14(2)3)10-11-22(17)19(24)15(23)4/h6-9,14-15,17H,5,10-13H2,1-4H3/t15-,17-/m0/s1. The molecule has 7 nitrogen and oxygen atoms in total. The lowest BCUT2D eigenvalue weighted by molar-refractivity contribution is -0.158. The number of sulfonamides is 1. The molecule has 1 aromatic carbocycles. The van der Waals surface area contributed by atoms with Crippen LogP contribution in [0.2, 0.25) is 0 Å². The van der Waals surface area contributed by atoms with Crippen LogP contribution in [0.5, 0.6) is 0 Å². The van der Waals surface area contributed by atoms with Crippen molar-refractivity contribution in [3.05, 3.63) is 29.8 Å². The molecule has 0 bridgehead atoms. The Morgan fingerprint density at radius 2 is 1.79 bits per heavy atom. The van der Waals surface area contributed by atoms with Crippen molar-refractivity contribution in [1.82, 2.24) is 14.1 Å². The molecule has 2 aliphatic rings. The molecule has 0 N–H and O–H groups in total. The van der Waals surface area contributed by atoms with Gasteiger partial charge in [0, 0.05) is 26.2 Å². The number of fused-ring (bicyclic) bond motifs is 1. The number of hydrogen-bond donors (Lipinski definition) is 0. The van der Waals surface area contributed by atoms with Crippen molar-refractivity contribution in [2.45, 2.75) is 51.1 Å². The molecule has 0 spiro atoms.